The van der Waals surface area contributed by atoms with Crippen molar-refractivity contribution in [3.8, 4) is 17.2 Å². The molecule has 0 unspecified atom stereocenters. The van der Waals surface area contributed by atoms with Crippen molar-refractivity contribution >= 4 is 29.2 Å². The fraction of sp³-hybridized carbons (Fsp3) is 0.300. The fourth-order valence-corrected chi connectivity index (χ4v) is 4.12. The maximum Gasteiger partial charge on any atom is 0.311 e. The van der Waals surface area contributed by atoms with E-state index >= 15 is 0 Å². The molecule has 1 atom stereocenters. The van der Waals surface area contributed by atoms with E-state index in [1.165, 1.54) is 12.7 Å². The largest absolute Gasteiger partial charge is 0.497 e. The van der Waals surface area contributed by atoms with Gasteiger partial charge in [-0.2, -0.15) is 0 Å². The molecule has 3 aromatic carbocycles. The summed E-state index contributed by atoms with van der Waals surface area (Å²) in [5.74, 6) is 0.0715. The number of carbonyl (C=O) groups excluding carboxylic acids is 3. The van der Waals surface area contributed by atoms with Gasteiger partial charge in [0, 0.05) is 30.4 Å². The molecule has 0 saturated carbocycles. The van der Waals surface area contributed by atoms with E-state index in [9.17, 15) is 14.4 Å². The first-order valence-corrected chi connectivity index (χ1v) is 12.4. The maximum atomic E-state index is 12.6. The van der Waals surface area contributed by atoms with E-state index in [0.717, 1.165) is 5.75 Å². The summed E-state index contributed by atoms with van der Waals surface area (Å²) in [5, 5.41) is 2.65. The van der Waals surface area contributed by atoms with Crippen LogP contribution in [0.25, 0.3) is 0 Å². The molecule has 1 aliphatic rings. The summed E-state index contributed by atoms with van der Waals surface area (Å²) in [6.07, 6.45) is 0.0225. The Morgan fingerprint density at radius 2 is 1.61 bits per heavy atom. The second-order valence-corrected chi connectivity index (χ2v) is 10.2. The van der Waals surface area contributed by atoms with Gasteiger partial charge in [0.05, 0.1) is 13.0 Å². The Balaban J connectivity index is 1.28. The number of hydrogen-bond donors (Lipinski definition) is 1. The van der Waals surface area contributed by atoms with Crippen molar-refractivity contribution in [3.63, 3.8) is 0 Å². The van der Waals surface area contributed by atoms with Gasteiger partial charge < -0.3 is 24.4 Å². The van der Waals surface area contributed by atoms with Gasteiger partial charge in [-0.15, -0.1) is 0 Å². The van der Waals surface area contributed by atoms with E-state index in [2.05, 4.69) is 26.1 Å². The number of nitrogens with one attached hydrogen (secondary N) is 1. The number of nitrogens with zero attached hydrogens (tertiary/aromatic N) is 1. The first-order valence-electron chi connectivity index (χ1n) is 12.4. The molecule has 8 nitrogen and oxygen atoms in total. The van der Waals surface area contributed by atoms with Gasteiger partial charge in [0.2, 0.25) is 5.91 Å². The van der Waals surface area contributed by atoms with Crippen molar-refractivity contribution in [2.75, 3.05) is 30.5 Å². The molecule has 2 amide bonds. The normalized spacial score (nSPS) is 15.2. The SMILES string of the molecule is COc1cccc(NC(=O)COC(=O)[C@H]2CC(=O)N(c3ccc(Oc4ccc(C(C)(C)C)cc4)cc3)C2)c1. The van der Waals surface area contributed by atoms with Crippen LogP contribution in [0, 0.1) is 5.92 Å². The molecule has 4 rings (SSSR count). The van der Waals surface area contributed by atoms with E-state index in [4.69, 9.17) is 14.2 Å². The third-order valence-corrected chi connectivity index (χ3v) is 6.26. The van der Waals surface area contributed by atoms with Crippen LogP contribution in [-0.4, -0.2) is 38.0 Å². The van der Waals surface area contributed by atoms with Crippen molar-refractivity contribution in [2.24, 2.45) is 5.92 Å². The van der Waals surface area contributed by atoms with Gasteiger partial charge >= 0.3 is 5.97 Å². The molecule has 8 heteroatoms. The van der Waals surface area contributed by atoms with E-state index in [0.29, 0.717) is 22.9 Å². The van der Waals surface area contributed by atoms with E-state index in [1.54, 1.807) is 53.4 Å². The fourth-order valence-electron chi connectivity index (χ4n) is 4.12. The summed E-state index contributed by atoms with van der Waals surface area (Å²) in [4.78, 5) is 38.9. The molecule has 1 N–H and O–H groups in total. The molecule has 0 radical (unpaired) electrons. The number of amides is 2. The molecule has 198 valence electrons. The monoisotopic (exact) mass is 516 g/mol. The van der Waals surface area contributed by atoms with Crippen LogP contribution in [0.4, 0.5) is 11.4 Å². The third kappa shape index (κ3) is 6.70. The molecule has 1 aliphatic heterocycles. The quantitative estimate of drug-likeness (QED) is 0.407. The zero-order valence-corrected chi connectivity index (χ0v) is 22.0. The number of ether oxygens (including phenoxy) is 3. The molecule has 0 bridgehead atoms. The molecular weight excluding hydrogens is 484 g/mol. The van der Waals surface area contributed by atoms with Crippen LogP contribution >= 0.6 is 0 Å². The van der Waals surface area contributed by atoms with Gasteiger partial charge in [0.1, 0.15) is 17.2 Å². The predicted molar refractivity (Wildman–Crippen MR) is 145 cm³/mol. The highest BCUT2D eigenvalue weighted by Crippen LogP contribution is 2.30. The maximum absolute atomic E-state index is 12.6. The Labute approximate surface area is 222 Å². The molecular formula is C30H32N2O6. The number of benzene rings is 3. The topological polar surface area (TPSA) is 94.2 Å². The Kier molecular flexibility index (Phi) is 8.00. The highest BCUT2D eigenvalue weighted by molar-refractivity contribution is 6.00. The number of hydrogen-bond acceptors (Lipinski definition) is 6. The summed E-state index contributed by atoms with van der Waals surface area (Å²) in [7, 11) is 1.53. The smallest absolute Gasteiger partial charge is 0.311 e. The van der Waals surface area contributed by atoms with Gasteiger partial charge in [-0.3, -0.25) is 14.4 Å². The van der Waals surface area contributed by atoms with Gasteiger partial charge in [-0.05, 0) is 59.5 Å². The Bertz CT molecular complexity index is 1300. The number of methoxy groups -OCH3 is 1. The number of esters is 1. The molecule has 0 aliphatic carbocycles. The second kappa shape index (κ2) is 11.4. The second-order valence-electron chi connectivity index (χ2n) is 10.2. The molecule has 0 aromatic heterocycles. The summed E-state index contributed by atoms with van der Waals surface area (Å²) >= 11 is 0. The highest BCUT2D eigenvalue weighted by atomic mass is 16.5. The Morgan fingerprint density at radius 3 is 2.24 bits per heavy atom. The predicted octanol–water partition coefficient (Wildman–Crippen LogP) is 5.32. The Morgan fingerprint density at radius 1 is 0.947 bits per heavy atom. The van der Waals surface area contributed by atoms with Crippen LogP contribution in [0.3, 0.4) is 0 Å². The lowest BCUT2D eigenvalue weighted by molar-refractivity contribution is -0.151. The summed E-state index contributed by atoms with van der Waals surface area (Å²) in [6.45, 7) is 6.22. The zero-order valence-electron chi connectivity index (χ0n) is 22.0. The number of rotatable bonds is 8. The van der Waals surface area contributed by atoms with Gasteiger partial charge in [0.15, 0.2) is 6.61 Å². The molecule has 1 saturated heterocycles. The first kappa shape index (κ1) is 26.7. The average Bonchev–Trinajstić information content (AvgIpc) is 3.29. The highest BCUT2D eigenvalue weighted by Gasteiger charge is 2.36. The molecule has 1 heterocycles. The number of carbonyl (C=O) groups is 3. The van der Waals surface area contributed by atoms with Crippen molar-refractivity contribution in [3.05, 3.63) is 78.4 Å². The Hall–Kier alpha value is -4.33. The molecule has 38 heavy (non-hydrogen) atoms. The first-order chi connectivity index (χ1) is 18.1. The van der Waals surface area contributed by atoms with Crippen LogP contribution in [0.1, 0.15) is 32.8 Å². The van der Waals surface area contributed by atoms with E-state index in [-0.39, 0.29) is 24.3 Å². The van der Waals surface area contributed by atoms with Gasteiger partial charge in [-0.1, -0.05) is 39.0 Å². The van der Waals surface area contributed by atoms with Crippen molar-refractivity contribution in [1.82, 2.24) is 0 Å². The lowest BCUT2D eigenvalue weighted by Crippen LogP contribution is -2.28. The minimum absolute atomic E-state index is 0.0225. The van der Waals surface area contributed by atoms with Crippen LogP contribution in [0.5, 0.6) is 17.2 Å². The van der Waals surface area contributed by atoms with Crippen molar-refractivity contribution < 1.29 is 28.6 Å². The van der Waals surface area contributed by atoms with E-state index in [1.807, 2.05) is 24.3 Å². The van der Waals surface area contributed by atoms with Crippen LogP contribution in [-0.2, 0) is 24.5 Å². The molecule has 3 aromatic rings. The minimum Gasteiger partial charge on any atom is -0.497 e. The van der Waals surface area contributed by atoms with Crippen LogP contribution in [0.15, 0.2) is 72.8 Å². The average molecular weight is 517 g/mol. The van der Waals surface area contributed by atoms with E-state index < -0.39 is 24.4 Å². The van der Waals surface area contributed by atoms with Gasteiger partial charge in [0.25, 0.3) is 5.91 Å². The van der Waals surface area contributed by atoms with Crippen LogP contribution < -0.4 is 19.7 Å². The summed E-state index contributed by atoms with van der Waals surface area (Å²) in [6, 6.07) is 22.0. The van der Waals surface area contributed by atoms with Gasteiger partial charge in [-0.25, -0.2) is 0 Å². The summed E-state index contributed by atoms with van der Waals surface area (Å²) in [5.41, 5.74) is 2.48. The van der Waals surface area contributed by atoms with Crippen molar-refractivity contribution in [2.45, 2.75) is 32.6 Å². The minimum atomic E-state index is -0.649. The molecule has 0 spiro atoms. The zero-order chi connectivity index (χ0) is 27.3. The number of anilines is 2. The standard InChI is InChI=1S/C30H32N2O6/c1-30(2,3)21-8-12-24(13-9-21)38-25-14-10-23(11-15-25)32-18-20(16-28(32)34)29(35)37-19-27(33)31-22-6-5-7-26(17-22)36-4/h5-15,17,20H,16,18-19H2,1-4H3,(H,31,33)/t20-/m0/s1. The third-order valence-electron chi connectivity index (χ3n) is 6.26. The summed E-state index contributed by atoms with van der Waals surface area (Å²) < 4.78 is 16.2. The molecule has 1 fully saturated rings. The lowest BCUT2D eigenvalue weighted by atomic mass is 9.87. The van der Waals surface area contributed by atoms with Crippen molar-refractivity contribution in [1.29, 1.82) is 0 Å². The lowest BCUT2D eigenvalue weighted by Gasteiger charge is -2.19. The van der Waals surface area contributed by atoms with Crippen LogP contribution in [0.2, 0.25) is 0 Å².